The van der Waals surface area contributed by atoms with Crippen LogP contribution in [-0.4, -0.2) is 39.4 Å². The van der Waals surface area contributed by atoms with Crippen molar-refractivity contribution in [1.29, 1.82) is 0 Å². The second kappa shape index (κ2) is 8.18. The standard InChI is InChI=1S/C24H24N6O/c1-16(2)17-10-24(29-26-12-17)28-23-9-8-21-22(27-23)11-18(13-25-21)30-14-20(15-30)31-19-6-4-3-5-7-19/h3-13,16,20H,14-15H2,1-2H3,(H,27,28,29). The smallest absolute Gasteiger partial charge is 0.154 e. The molecule has 156 valence electrons. The van der Waals surface area contributed by atoms with E-state index in [0.29, 0.717) is 11.7 Å². The van der Waals surface area contributed by atoms with Crippen LogP contribution in [0.4, 0.5) is 17.3 Å². The molecule has 1 fully saturated rings. The van der Waals surface area contributed by atoms with Crippen molar-refractivity contribution in [2.45, 2.75) is 25.9 Å². The Hall–Kier alpha value is -3.74. The minimum atomic E-state index is 0.186. The van der Waals surface area contributed by atoms with Crippen molar-refractivity contribution in [3.63, 3.8) is 0 Å². The summed E-state index contributed by atoms with van der Waals surface area (Å²) in [4.78, 5) is 11.6. The van der Waals surface area contributed by atoms with Crippen molar-refractivity contribution in [2.75, 3.05) is 23.3 Å². The minimum Gasteiger partial charge on any atom is -0.487 e. The first-order valence-corrected chi connectivity index (χ1v) is 10.5. The van der Waals surface area contributed by atoms with Gasteiger partial charge in [0.25, 0.3) is 0 Å². The average Bonchev–Trinajstić information content (AvgIpc) is 2.76. The van der Waals surface area contributed by atoms with Crippen LogP contribution in [0, 0.1) is 0 Å². The molecule has 31 heavy (non-hydrogen) atoms. The summed E-state index contributed by atoms with van der Waals surface area (Å²) in [5.41, 5.74) is 3.87. The number of benzene rings is 1. The summed E-state index contributed by atoms with van der Waals surface area (Å²) in [5, 5.41) is 11.5. The molecular formula is C24H24N6O. The van der Waals surface area contributed by atoms with Crippen LogP contribution in [0.3, 0.4) is 0 Å². The predicted molar refractivity (Wildman–Crippen MR) is 122 cm³/mol. The first-order valence-electron chi connectivity index (χ1n) is 10.5. The molecule has 0 bridgehead atoms. The molecule has 4 heterocycles. The highest BCUT2D eigenvalue weighted by atomic mass is 16.5. The number of pyridine rings is 2. The fourth-order valence-electron chi connectivity index (χ4n) is 3.54. The molecule has 3 aromatic heterocycles. The Labute approximate surface area is 181 Å². The fraction of sp³-hybridized carbons (Fsp3) is 0.250. The van der Waals surface area contributed by atoms with Gasteiger partial charge in [-0.2, -0.15) is 5.10 Å². The summed E-state index contributed by atoms with van der Waals surface area (Å²) in [5.74, 6) is 2.70. The van der Waals surface area contributed by atoms with Crippen molar-refractivity contribution >= 4 is 28.4 Å². The highest BCUT2D eigenvalue weighted by Gasteiger charge is 2.29. The minimum absolute atomic E-state index is 0.186. The van der Waals surface area contributed by atoms with Crippen molar-refractivity contribution in [3.05, 3.63) is 72.6 Å². The number of ether oxygens (including phenoxy) is 1. The molecule has 1 aliphatic rings. The quantitative estimate of drug-likeness (QED) is 0.498. The Morgan fingerprint density at radius 3 is 2.61 bits per heavy atom. The van der Waals surface area contributed by atoms with Crippen LogP contribution < -0.4 is 15.0 Å². The molecule has 1 aliphatic heterocycles. The van der Waals surface area contributed by atoms with Gasteiger partial charge >= 0.3 is 0 Å². The zero-order valence-corrected chi connectivity index (χ0v) is 17.6. The summed E-state index contributed by atoms with van der Waals surface area (Å²) in [7, 11) is 0. The number of nitrogens with one attached hydrogen (secondary N) is 1. The highest BCUT2D eigenvalue weighted by molar-refractivity contribution is 5.80. The van der Waals surface area contributed by atoms with Crippen LogP contribution in [0.25, 0.3) is 11.0 Å². The summed E-state index contributed by atoms with van der Waals surface area (Å²) in [6, 6.07) is 17.9. The number of fused-ring (bicyclic) bond motifs is 1. The van der Waals surface area contributed by atoms with E-state index in [1.54, 1.807) is 6.20 Å². The zero-order chi connectivity index (χ0) is 21.2. The maximum absolute atomic E-state index is 6.00. The van der Waals surface area contributed by atoms with Crippen LogP contribution in [0.15, 0.2) is 67.0 Å². The Morgan fingerprint density at radius 1 is 0.968 bits per heavy atom. The van der Waals surface area contributed by atoms with Gasteiger partial charge in [0.2, 0.25) is 0 Å². The molecule has 7 heteroatoms. The molecule has 7 nitrogen and oxygen atoms in total. The Morgan fingerprint density at radius 2 is 1.81 bits per heavy atom. The van der Waals surface area contributed by atoms with Gasteiger partial charge in [-0.3, -0.25) is 4.98 Å². The van der Waals surface area contributed by atoms with E-state index in [2.05, 4.69) is 45.3 Å². The Kier molecular flexibility index (Phi) is 5.08. The van der Waals surface area contributed by atoms with Gasteiger partial charge in [0.15, 0.2) is 5.82 Å². The highest BCUT2D eigenvalue weighted by Crippen LogP contribution is 2.27. The molecule has 0 radical (unpaired) electrons. The Balaban J connectivity index is 1.29. The lowest BCUT2D eigenvalue weighted by Crippen LogP contribution is -2.54. The van der Waals surface area contributed by atoms with Gasteiger partial charge in [0.1, 0.15) is 17.7 Å². The summed E-state index contributed by atoms with van der Waals surface area (Å²) >= 11 is 0. The maximum atomic E-state index is 6.00. The lowest BCUT2D eigenvalue weighted by molar-refractivity contribution is 0.167. The predicted octanol–water partition coefficient (Wildman–Crippen LogP) is 4.55. The molecule has 0 amide bonds. The third-order valence-electron chi connectivity index (χ3n) is 5.38. The monoisotopic (exact) mass is 412 g/mol. The van der Waals surface area contributed by atoms with E-state index in [0.717, 1.165) is 46.9 Å². The van der Waals surface area contributed by atoms with Gasteiger partial charge in [0, 0.05) is 0 Å². The van der Waals surface area contributed by atoms with E-state index < -0.39 is 0 Å². The Bertz CT molecular complexity index is 1190. The number of hydrogen-bond acceptors (Lipinski definition) is 7. The molecule has 0 spiro atoms. The van der Waals surface area contributed by atoms with Crippen molar-refractivity contribution < 1.29 is 4.74 Å². The molecule has 4 aromatic rings. The van der Waals surface area contributed by atoms with Crippen LogP contribution in [0.2, 0.25) is 0 Å². The van der Waals surface area contributed by atoms with Crippen molar-refractivity contribution in [1.82, 2.24) is 20.2 Å². The lowest BCUT2D eigenvalue weighted by Gasteiger charge is -2.40. The topological polar surface area (TPSA) is 76.1 Å². The number of aromatic nitrogens is 4. The third kappa shape index (κ3) is 4.26. The lowest BCUT2D eigenvalue weighted by atomic mass is 10.1. The summed E-state index contributed by atoms with van der Waals surface area (Å²) in [6.45, 7) is 5.93. The average molecular weight is 412 g/mol. The number of para-hydroxylation sites is 1. The van der Waals surface area contributed by atoms with Crippen LogP contribution in [0.5, 0.6) is 5.75 Å². The number of nitrogens with zero attached hydrogens (tertiary/aromatic N) is 5. The molecule has 1 aromatic carbocycles. The van der Waals surface area contributed by atoms with E-state index in [9.17, 15) is 0 Å². The van der Waals surface area contributed by atoms with Gasteiger partial charge in [-0.05, 0) is 47.9 Å². The molecule has 1 N–H and O–H groups in total. The van der Waals surface area contributed by atoms with Crippen LogP contribution in [-0.2, 0) is 0 Å². The van der Waals surface area contributed by atoms with E-state index in [4.69, 9.17) is 9.72 Å². The normalized spacial score (nSPS) is 14.0. The number of hydrogen-bond donors (Lipinski definition) is 1. The first-order chi connectivity index (χ1) is 15.1. The summed E-state index contributed by atoms with van der Waals surface area (Å²) in [6.07, 6.45) is 3.88. The van der Waals surface area contributed by atoms with E-state index >= 15 is 0 Å². The van der Waals surface area contributed by atoms with E-state index in [1.807, 2.05) is 54.7 Å². The molecule has 0 aliphatic carbocycles. The number of anilines is 3. The van der Waals surface area contributed by atoms with Gasteiger partial charge in [-0.15, -0.1) is 5.10 Å². The SMILES string of the molecule is CC(C)c1cnnc(Nc2ccc3ncc(N4CC(Oc5ccccc5)C4)cc3n2)c1. The molecule has 0 unspecified atom stereocenters. The summed E-state index contributed by atoms with van der Waals surface area (Å²) < 4.78 is 6.00. The van der Waals surface area contributed by atoms with E-state index in [1.165, 1.54) is 0 Å². The fourth-order valence-corrected chi connectivity index (χ4v) is 3.54. The van der Waals surface area contributed by atoms with Gasteiger partial charge in [-0.1, -0.05) is 32.0 Å². The molecular weight excluding hydrogens is 388 g/mol. The number of rotatable bonds is 6. The van der Waals surface area contributed by atoms with Gasteiger partial charge in [0.05, 0.1) is 42.2 Å². The van der Waals surface area contributed by atoms with E-state index in [-0.39, 0.29) is 6.10 Å². The van der Waals surface area contributed by atoms with Crippen molar-refractivity contribution in [3.8, 4) is 5.75 Å². The van der Waals surface area contributed by atoms with Crippen LogP contribution in [0.1, 0.15) is 25.3 Å². The molecule has 5 rings (SSSR count). The second-order valence-electron chi connectivity index (χ2n) is 8.04. The van der Waals surface area contributed by atoms with Crippen LogP contribution >= 0.6 is 0 Å². The van der Waals surface area contributed by atoms with Gasteiger partial charge in [-0.25, -0.2) is 4.98 Å². The molecule has 1 saturated heterocycles. The zero-order valence-electron chi connectivity index (χ0n) is 17.6. The van der Waals surface area contributed by atoms with Gasteiger partial charge < -0.3 is 15.0 Å². The van der Waals surface area contributed by atoms with Crippen molar-refractivity contribution in [2.24, 2.45) is 0 Å². The molecule has 0 saturated carbocycles. The third-order valence-corrected chi connectivity index (χ3v) is 5.38. The largest absolute Gasteiger partial charge is 0.487 e. The second-order valence-corrected chi connectivity index (χ2v) is 8.04. The first kappa shape index (κ1) is 19.2. The maximum Gasteiger partial charge on any atom is 0.154 e. The molecule has 0 atom stereocenters.